The van der Waals surface area contributed by atoms with Crippen LogP contribution in [0.25, 0.3) is 11.1 Å². The second-order valence-electron chi connectivity index (χ2n) is 4.65. The van der Waals surface area contributed by atoms with Crippen LogP contribution in [0, 0.1) is 0 Å². The smallest absolute Gasteiger partial charge is 0.181 e. The van der Waals surface area contributed by atoms with Crippen molar-refractivity contribution in [3.63, 3.8) is 0 Å². The summed E-state index contributed by atoms with van der Waals surface area (Å²) in [6.07, 6.45) is 1.35. The predicted molar refractivity (Wildman–Crippen MR) is 78.6 cm³/mol. The lowest BCUT2D eigenvalue weighted by Crippen LogP contribution is -2.15. The number of nitrogens with two attached hydrogens (primary N) is 2. The molecular weight excluding hydrogens is 276 g/mol. The SMILES string of the molecule is CC(C)S(=O)(=O)c1ccccc1-c1c(N)cnnc1N. The molecule has 4 N–H and O–H groups in total. The molecule has 106 valence electrons. The molecule has 7 heteroatoms. The molecular formula is C13H16N4O2S. The molecule has 0 spiro atoms. The molecule has 1 heterocycles. The molecule has 1 aromatic carbocycles. The standard InChI is InChI=1S/C13H16N4O2S/c1-8(2)20(18,19)11-6-4-3-5-9(11)12-10(14)7-16-17-13(12)15/h3-8H,1-2H3,(H4,14,15,17). The van der Waals surface area contributed by atoms with Gasteiger partial charge < -0.3 is 11.5 Å². The Labute approximate surface area is 117 Å². The van der Waals surface area contributed by atoms with Crippen LogP contribution in [0.1, 0.15) is 13.8 Å². The summed E-state index contributed by atoms with van der Waals surface area (Å²) in [6, 6.07) is 6.61. The molecule has 0 radical (unpaired) electrons. The highest BCUT2D eigenvalue weighted by Gasteiger charge is 2.24. The minimum absolute atomic E-state index is 0.108. The van der Waals surface area contributed by atoms with Crippen molar-refractivity contribution in [1.82, 2.24) is 10.2 Å². The number of hydrogen-bond donors (Lipinski definition) is 2. The second-order valence-corrected chi connectivity index (χ2v) is 7.12. The van der Waals surface area contributed by atoms with E-state index < -0.39 is 15.1 Å². The average Bonchev–Trinajstić information content (AvgIpc) is 2.38. The quantitative estimate of drug-likeness (QED) is 0.886. The maximum Gasteiger partial charge on any atom is 0.181 e. The van der Waals surface area contributed by atoms with Gasteiger partial charge in [0.05, 0.1) is 27.6 Å². The van der Waals surface area contributed by atoms with Crippen molar-refractivity contribution in [2.24, 2.45) is 0 Å². The second kappa shape index (κ2) is 5.09. The number of rotatable bonds is 3. The lowest BCUT2D eigenvalue weighted by Gasteiger charge is -2.14. The number of hydrogen-bond acceptors (Lipinski definition) is 6. The van der Waals surface area contributed by atoms with Crippen LogP contribution in [0.15, 0.2) is 35.4 Å². The van der Waals surface area contributed by atoms with E-state index >= 15 is 0 Å². The molecule has 0 fully saturated rings. The van der Waals surface area contributed by atoms with Crippen LogP contribution in [0.3, 0.4) is 0 Å². The normalized spacial score (nSPS) is 11.8. The van der Waals surface area contributed by atoms with Gasteiger partial charge in [-0.1, -0.05) is 18.2 Å². The number of benzene rings is 1. The van der Waals surface area contributed by atoms with Crippen LogP contribution in [0.4, 0.5) is 11.5 Å². The number of nitrogens with zero attached hydrogens (tertiary/aromatic N) is 2. The average molecular weight is 292 g/mol. The summed E-state index contributed by atoms with van der Waals surface area (Å²) in [5.41, 5.74) is 12.8. The van der Waals surface area contributed by atoms with E-state index in [1.807, 2.05) is 0 Å². The van der Waals surface area contributed by atoms with E-state index in [2.05, 4.69) is 10.2 Å². The minimum atomic E-state index is -3.45. The topological polar surface area (TPSA) is 112 Å². The molecule has 1 aromatic heterocycles. The lowest BCUT2D eigenvalue weighted by molar-refractivity contribution is 0.587. The third-order valence-electron chi connectivity index (χ3n) is 2.99. The third-order valence-corrected chi connectivity index (χ3v) is 5.20. The van der Waals surface area contributed by atoms with Gasteiger partial charge in [0.1, 0.15) is 0 Å². The van der Waals surface area contributed by atoms with E-state index in [1.165, 1.54) is 6.20 Å². The Bertz CT molecular complexity index is 722. The van der Waals surface area contributed by atoms with Crippen molar-refractivity contribution in [1.29, 1.82) is 0 Å². The molecule has 0 unspecified atom stereocenters. The highest BCUT2D eigenvalue weighted by atomic mass is 32.2. The number of sulfone groups is 1. The molecule has 2 aromatic rings. The summed E-state index contributed by atoms with van der Waals surface area (Å²) in [5.74, 6) is 0.108. The van der Waals surface area contributed by atoms with E-state index in [-0.39, 0.29) is 10.7 Å². The maximum absolute atomic E-state index is 12.4. The molecule has 0 amide bonds. The monoisotopic (exact) mass is 292 g/mol. The highest BCUT2D eigenvalue weighted by Crippen LogP contribution is 2.35. The zero-order chi connectivity index (χ0) is 14.9. The summed E-state index contributed by atoms with van der Waals surface area (Å²) in [4.78, 5) is 0.196. The minimum Gasteiger partial charge on any atom is -0.397 e. The van der Waals surface area contributed by atoms with E-state index in [0.717, 1.165) is 0 Å². The third kappa shape index (κ3) is 2.32. The zero-order valence-corrected chi connectivity index (χ0v) is 12.1. The first-order valence-corrected chi connectivity index (χ1v) is 7.60. The molecule has 2 rings (SSSR count). The summed E-state index contributed by atoms with van der Waals surface area (Å²) < 4.78 is 24.9. The summed E-state index contributed by atoms with van der Waals surface area (Å²) in [6.45, 7) is 3.26. The van der Waals surface area contributed by atoms with Crippen molar-refractivity contribution in [2.45, 2.75) is 24.0 Å². The fourth-order valence-electron chi connectivity index (χ4n) is 1.88. The Morgan fingerprint density at radius 2 is 1.80 bits per heavy atom. The van der Waals surface area contributed by atoms with Gasteiger partial charge in [0, 0.05) is 5.56 Å². The summed E-state index contributed by atoms with van der Waals surface area (Å²) in [7, 11) is -3.45. The molecule has 0 saturated heterocycles. The molecule has 0 bridgehead atoms. The number of anilines is 2. The molecule has 0 aliphatic rings. The van der Waals surface area contributed by atoms with Crippen LogP contribution in [0.2, 0.25) is 0 Å². The predicted octanol–water partition coefficient (Wildman–Crippen LogP) is 1.49. The molecule has 20 heavy (non-hydrogen) atoms. The Hall–Kier alpha value is -2.15. The Morgan fingerprint density at radius 3 is 2.40 bits per heavy atom. The van der Waals surface area contributed by atoms with E-state index in [1.54, 1.807) is 38.1 Å². The summed E-state index contributed by atoms with van der Waals surface area (Å²) in [5, 5.41) is 6.84. The van der Waals surface area contributed by atoms with Gasteiger partial charge in [-0.25, -0.2) is 8.42 Å². The zero-order valence-electron chi connectivity index (χ0n) is 11.2. The van der Waals surface area contributed by atoms with Crippen LogP contribution in [0.5, 0.6) is 0 Å². The first kappa shape index (κ1) is 14.3. The molecule has 0 saturated carbocycles. The van der Waals surface area contributed by atoms with Crippen molar-refractivity contribution in [3.8, 4) is 11.1 Å². The van der Waals surface area contributed by atoms with Crippen molar-refractivity contribution < 1.29 is 8.42 Å². The van der Waals surface area contributed by atoms with Gasteiger partial charge in [0.25, 0.3) is 0 Å². The largest absolute Gasteiger partial charge is 0.397 e. The highest BCUT2D eigenvalue weighted by molar-refractivity contribution is 7.92. The van der Waals surface area contributed by atoms with Crippen LogP contribution < -0.4 is 11.5 Å². The van der Waals surface area contributed by atoms with Crippen LogP contribution in [-0.4, -0.2) is 23.9 Å². The Morgan fingerprint density at radius 1 is 1.15 bits per heavy atom. The van der Waals surface area contributed by atoms with E-state index in [4.69, 9.17) is 11.5 Å². The molecule has 0 aliphatic heterocycles. The first-order valence-electron chi connectivity index (χ1n) is 6.05. The Balaban J connectivity index is 2.78. The molecule has 6 nitrogen and oxygen atoms in total. The molecule has 0 atom stereocenters. The number of nitrogen functional groups attached to an aromatic ring is 2. The fourth-order valence-corrected chi connectivity index (χ4v) is 3.14. The van der Waals surface area contributed by atoms with Crippen LogP contribution in [-0.2, 0) is 9.84 Å². The fraction of sp³-hybridized carbons (Fsp3) is 0.231. The van der Waals surface area contributed by atoms with Gasteiger partial charge in [0.2, 0.25) is 0 Å². The van der Waals surface area contributed by atoms with Gasteiger partial charge in [-0.3, -0.25) is 0 Å². The van der Waals surface area contributed by atoms with Gasteiger partial charge in [0.15, 0.2) is 15.7 Å². The summed E-state index contributed by atoms with van der Waals surface area (Å²) >= 11 is 0. The van der Waals surface area contributed by atoms with Gasteiger partial charge in [-0.15, -0.1) is 5.10 Å². The van der Waals surface area contributed by atoms with Crippen molar-refractivity contribution in [2.75, 3.05) is 11.5 Å². The number of aromatic nitrogens is 2. The lowest BCUT2D eigenvalue weighted by atomic mass is 10.1. The Kier molecular flexibility index (Phi) is 3.63. The van der Waals surface area contributed by atoms with E-state index in [0.29, 0.717) is 16.8 Å². The molecule has 0 aliphatic carbocycles. The van der Waals surface area contributed by atoms with Crippen LogP contribution >= 0.6 is 0 Å². The van der Waals surface area contributed by atoms with Crippen molar-refractivity contribution in [3.05, 3.63) is 30.5 Å². The maximum atomic E-state index is 12.4. The van der Waals surface area contributed by atoms with Gasteiger partial charge >= 0.3 is 0 Å². The van der Waals surface area contributed by atoms with Gasteiger partial charge in [-0.2, -0.15) is 5.10 Å². The van der Waals surface area contributed by atoms with Crippen molar-refractivity contribution >= 4 is 21.3 Å². The first-order chi connectivity index (χ1) is 9.35. The van der Waals surface area contributed by atoms with E-state index in [9.17, 15) is 8.42 Å². The van der Waals surface area contributed by atoms with Gasteiger partial charge in [-0.05, 0) is 19.9 Å².